The molecular formula is C16H14ClN5O2. The number of halogens is 1. The van der Waals surface area contributed by atoms with Crippen LogP contribution in [0.15, 0.2) is 36.7 Å². The molecule has 1 aliphatic heterocycles. The third kappa shape index (κ3) is 2.81. The molecule has 0 saturated carbocycles. The largest absolute Gasteiger partial charge is 0.481 e. The Balaban J connectivity index is 0.00000169. The topological polar surface area (TPSA) is 89.0 Å². The van der Waals surface area contributed by atoms with Crippen LogP contribution in [0.4, 0.5) is 17.2 Å². The van der Waals surface area contributed by atoms with Gasteiger partial charge >= 0.3 is 0 Å². The lowest BCUT2D eigenvalue weighted by atomic mass is 10.1. The Morgan fingerprint density at radius 3 is 2.92 bits per heavy atom. The van der Waals surface area contributed by atoms with Gasteiger partial charge in [-0.25, -0.2) is 9.97 Å². The number of hydrogen-bond acceptors (Lipinski definition) is 6. The Kier molecular flexibility index (Phi) is 4.18. The van der Waals surface area contributed by atoms with Crippen LogP contribution in [0.2, 0.25) is 0 Å². The van der Waals surface area contributed by atoms with Gasteiger partial charge in [-0.2, -0.15) is 4.98 Å². The van der Waals surface area contributed by atoms with Crippen molar-refractivity contribution in [2.75, 3.05) is 17.7 Å². The Hall–Kier alpha value is -2.93. The third-order valence-electron chi connectivity index (χ3n) is 3.67. The summed E-state index contributed by atoms with van der Waals surface area (Å²) in [7, 11) is 1.56. The third-order valence-corrected chi connectivity index (χ3v) is 3.67. The average Bonchev–Trinajstić information content (AvgIpc) is 2.94. The molecule has 8 heteroatoms. The highest BCUT2D eigenvalue weighted by Crippen LogP contribution is 2.29. The smallest absolute Gasteiger partial charge is 0.228 e. The van der Waals surface area contributed by atoms with Crippen LogP contribution in [0, 0.1) is 0 Å². The summed E-state index contributed by atoms with van der Waals surface area (Å²) in [6.45, 7) is 0. The van der Waals surface area contributed by atoms with Crippen LogP contribution in [-0.2, 0) is 11.2 Å². The fraction of sp³-hybridized carbons (Fsp3) is 0.125. The zero-order valence-corrected chi connectivity index (χ0v) is 13.6. The quantitative estimate of drug-likeness (QED) is 0.760. The van der Waals surface area contributed by atoms with E-state index in [1.807, 2.05) is 24.3 Å². The van der Waals surface area contributed by atoms with Crippen molar-refractivity contribution in [3.63, 3.8) is 0 Å². The molecule has 3 heterocycles. The molecule has 4 rings (SSSR count). The standard InChI is InChI=1S/C16H13N5O2.ClH/c1-23-14-5-3-11-15(17-8-18-16(11)21-14)19-10-2-4-12-9(6-10)7-13(22)20-12;/h2-6,8H,7H2,1H3,(H,20,22)(H,17,18,19,21);1H. The molecule has 0 radical (unpaired) electrons. The fourth-order valence-electron chi connectivity index (χ4n) is 2.58. The number of nitrogens with one attached hydrogen (secondary N) is 2. The van der Waals surface area contributed by atoms with Gasteiger partial charge in [0.05, 0.1) is 18.9 Å². The molecular weight excluding hydrogens is 330 g/mol. The van der Waals surface area contributed by atoms with Crippen molar-refractivity contribution in [2.45, 2.75) is 6.42 Å². The van der Waals surface area contributed by atoms with E-state index in [1.165, 1.54) is 6.33 Å². The van der Waals surface area contributed by atoms with Gasteiger partial charge in [0.25, 0.3) is 0 Å². The number of methoxy groups -OCH3 is 1. The highest BCUT2D eigenvalue weighted by molar-refractivity contribution is 5.99. The second-order valence-electron chi connectivity index (χ2n) is 5.17. The minimum absolute atomic E-state index is 0. The molecule has 1 amide bonds. The zero-order chi connectivity index (χ0) is 15.8. The van der Waals surface area contributed by atoms with Crippen molar-refractivity contribution in [2.24, 2.45) is 0 Å². The average molecular weight is 344 g/mol. The van der Waals surface area contributed by atoms with Crippen LogP contribution >= 0.6 is 12.4 Å². The van der Waals surface area contributed by atoms with Gasteiger partial charge in [0.2, 0.25) is 11.8 Å². The van der Waals surface area contributed by atoms with Crippen LogP contribution in [-0.4, -0.2) is 28.0 Å². The number of benzene rings is 1. The number of hydrogen-bond donors (Lipinski definition) is 2. The molecule has 0 fully saturated rings. The summed E-state index contributed by atoms with van der Waals surface area (Å²) in [6, 6.07) is 9.35. The lowest BCUT2D eigenvalue weighted by Crippen LogP contribution is -2.03. The van der Waals surface area contributed by atoms with Gasteiger partial charge in [-0.05, 0) is 29.8 Å². The molecule has 2 N–H and O–H groups in total. The normalized spacial score (nSPS) is 12.3. The van der Waals surface area contributed by atoms with Crippen molar-refractivity contribution in [1.29, 1.82) is 0 Å². The molecule has 2 aromatic heterocycles. The number of pyridine rings is 1. The minimum atomic E-state index is 0. The number of carbonyl (C=O) groups is 1. The summed E-state index contributed by atoms with van der Waals surface area (Å²) in [6.07, 6.45) is 1.85. The van der Waals surface area contributed by atoms with Crippen LogP contribution in [0.5, 0.6) is 5.88 Å². The lowest BCUT2D eigenvalue weighted by Gasteiger charge is -2.09. The van der Waals surface area contributed by atoms with E-state index in [9.17, 15) is 4.79 Å². The lowest BCUT2D eigenvalue weighted by molar-refractivity contribution is -0.115. The van der Waals surface area contributed by atoms with Crippen LogP contribution < -0.4 is 15.4 Å². The molecule has 0 aliphatic carbocycles. The molecule has 0 unspecified atom stereocenters. The number of rotatable bonds is 3. The summed E-state index contributed by atoms with van der Waals surface area (Å²) in [5.41, 5.74) is 3.24. The number of carbonyl (C=O) groups excluding carboxylic acids is 1. The molecule has 0 atom stereocenters. The van der Waals surface area contributed by atoms with Gasteiger partial charge < -0.3 is 15.4 Å². The van der Waals surface area contributed by atoms with Gasteiger partial charge in [-0.3, -0.25) is 4.79 Å². The van der Waals surface area contributed by atoms with Crippen molar-refractivity contribution in [3.8, 4) is 5.88 Å². The van der Waals surface area contributed by atoms with E-state index >= 15 is 0 Å². The zero-order valence-electron chi connectivity index (χ0n) is 12.7. The van der Waals surface area contributed by atoms with E-state index in [4.69, 9.17) is 4.74 Å². The Morgan fingerprint density at radius 1 is 1.21 bits per heavy atom. The predicted molar refractivity (Wildman–Crippen MR) is 93.2 cm³/mol. The highest BCUT2D eigenvalue weighted by atomic mass is 35.5. The van der Waals surface area contributed by atoms with E-state index < -0.39 is 0 Å². The first-order valence-electron chi connectivity index (χ1n) is 7.08. The number of anilines is 3. The first-order chi connectivity index (χ1) is 11.2. The second kappa shape index (κ2) is 6.29. The first kappa shape index (κ1) is 15.9. The summed E-state index contributed by atoms with van der Waals surface area (Å²) in [4.78, 5) is 24.2. The SMILES string of the molecule is COc1ccc2c(Nc3ccc4c(c3)CC(=O)N4)ncnc2n1.Cl. The second-order valence-corrected chi connectivity index (χ2v) is 5.17. The molecule has 3 aromatic rings. The van der Waals surface area contributed by atoms with E-state index in [1.54, 1.807) is 13.2 Å². The minimum Gasteiger partial charge on any atom is -0.481 e. The van der Waals surface area contributed by atoms with E-state index in [2.05, 4.69) is 25.6 Å². The maximum Gasteiger partial charge on any atom is 0.228 e. The van der Waals surface area contributed by atoms with Gasteiger partial charge in [0.15, 0.2) is 5.65 Å². The molecule has 24 heavy (non-hydrogen) atoms. The monoisotopic (exact) mass is 343 g/mol. The predicted octanol–water partition coefficient (Wildman–Crippen LogP) is 2.69. The van der Waals surface area contributed by atoms with Crippen LogP contribution in [0.25, 0.3) is 11.0 Å². The molecule has 122 valence electrons. The number of aromatic nitrogens is 3. The van der Waals surface area contributed by atoms with E-state index in [0.29, 0.717) is 23.8 Å². The molecule has 0 bridgehead atoms. The van der Waals surface area contributed by atoms with E-state index in [0.717, 1.165) is 22.3 Å². The number of ether oxygens (including phenoxy) is 1. The first-order valence-corrected chi connectivity index (χ1v) is 7.08. The van der Waals surface area contributed by atoms with Gasteiger partial charge in [-0.15, -0.1) is 12.4 Å². The molecule has 1 aromatic carbocycles. The maximum atomic E-state index is 11.4. The van der Waals surface area contributed by atoms with Crippen molar-refractivity contribution in [1.82, 2.24) is 15.0 Å². The van der Waals surface area contributed by atoms with Crippen molar-refractivity contribution < 1.29 is 9.53 Å². The number of nitrogens with zero attached hydrogens (tertiary/aromatic N) is 3. The van der Waals surface area contributed by atoms with E-state index in [-0.39, 0.29) is 18.3 Å². The maximum absolute atomic E-state index is 11.4. The molecule has 7 nitrogen and oxygen atoms in total. The van der Waals surface area contributed by atoms with Gasteiger partial charge in [0, 0.05) is 17.4 Å². The molecule has 0 spiro atoms. The number of amides is 1. The van der Waals surface area contributed by atoms with Gasteiger partial charge in [-0.1, -0.05) is 0 Å². The number of fused-ring (bicyclic) bond motifs is 2. The summed E-state index contributed by atoms with van der Waals surface area (Å²) < 4.78 is 5.11. The molecule has 1 aliphatic rings. The Labute approximate surface area is 143 Å². The Morgan fingerprint density at radius 2 is 2.08 bits per heavy atom. The van der Waals surface area contributed by atoms with Crippen molar-refractivity contribution >= 4 is 46.5 Å². The van der Waals surface area contributed by atoms with Crippen molar-refractivity contribution in [3.05, 3.63) is 42.2 Å². The molecule has 0 saturated heterocycles. The van der Waals surface area contributed by atoms with Crippen LogP contribution in [0.3, 0.4) is 0 Å². The summed E-state index contributed by atoms with van der Waals surface area (Å²) >= 11 is 0. The summed E-state index contributed by atoms with van der Waals surface area (Å²) in [5.74, 6) is 1.17. The van der Waals surface area contributed by atoms with Crippen LogP contribution in [0.1, 0.15) is 5.56 Å². The summed E-state index contributed by atoms with van der Waals surface area (Å²) in [5, 5.41) is 6.87. The van der Waals surface area contributed by atoms with Gasteiger partial charge in [0.1, 0.15) is 12.1 Å². The fourth-order valence-corrected chi connectivity index (χ4v) is 2.58. The Bertz CT molecular complexity index is 931. The highest BCUT2D eigenvalue weighted by Gasteiger charge is 2.17.